The van der Waals surface area contributed by atoms with Gasteiger partial charge in [-0.3, -0.25) is 4.79 Å². The number of benzene rings is 2. The number of carbonyl (C=O) groups is 1. The molecule has 2 aromatic carbocycles. The van der Waals surface area contributed by atoms with Crippen LogP contribution in [-0.4, -0.2) is 27.8 Å². The molecule has 140 valence electrons. The molecule has 1 aromatic heterocycles. The van der Waals surface area contributed by atoms with E-state index in [-0.39, 0.29) is 40.4 Å². The Morgan fingerprint density at radius 3 is 2.78 bits per heavy atom. The van der Waals surface area contributed by atoms with E-state index in [2.05, 4.69) is 9.97 Å². The molecule has 0 aliphatic carbocycles. The highest BCUT2D eigenvalue weighted by Gasteiger charge is 2.20. The first-order valence-corrected chi connectivity index (χ1v) is 8.56. The Morgan fingerprint density at radius 1 is 1.33 bits per heavy atom. The van der Waals surface area contributed by atoms with Crippen LogP contribution in [0.15, 0.2) is 42.7 Å². The van der Waals surface area contributed by atoms with Crippen molar-refractivity contribution in [1.29, 1.82) is 0 Å². The average Bonchev–Trinajstić information content (AvgIpc) is 3.14. The third kappa shape index (κ3) is 4.32. The zero-order chi connectivity index (χ0) is 19.6. The van der Waals surface area contributed by atoms with Crippen LogP contribution in [0.25, 0.3) is 0 Å². The van der Waals surface area contributed by atoms with E-state index in [4.69, 9.17) is 33.7 Å². The summed E-state index contributed by atoms with van der Waals surface area (Å²) in [4.78, 5) is 20.2. The number of aromatic nitrogens is 2. The van der Waals surface area contributed by atoms with Gasteiger partial charge in [-0.25, -0.2) is 9.37 Å². The standard InChI is InChI=1S/C18H15Cl2FN4O2/c1-25(18(26)17-23-4-5-24-17)9-10-2-3-14(20)16(15(10)21)27-13-7-11(19)6-12(22)8-13/h2-8H,9,22H2,1H3,(H,23,24). The Balaban J connectivity index is 1.85. The number of carbonyl (C=O) groups excluding carboxylic acids is 1. The lowest BCUT2D eigenvalue weighted by atomic mass is 10.2. The van der Waals surface area contributed by atoms with Crippen LogP contribution >= 0.6 is 23.2 Å². The number of nitrogens with two attached hydrogens (primary N) is 1. The molecule has 0 atom stereocenters. The summed E-state index contributed by atoms with van der Waals surface area (Å²) in [6.07, 6.45) is 3.00. The molecule has 1 amide bonds. The molecule has 0 aliphatic rings. The molecule has 3 aromatic rings. The Morgan fingerprint density at radius 2 is 2.11 bits per heavy atom. The number of rotatable bonds is 5. The van der Waals surface area contributed by atoms with Crippen LogP contribution in [0, 0.1) is 5.82 Å². The van der Waals surface area contributed by atoms with Gasteiger partial charge in [0, 0.05) is 48.3 Å². The number of aromatic amines is 1. The zero-order valence-corrected chi connectivity index (χ0v) is 15.7. The van der Waals surface area contributed by atoms with E-state index in [0.29, 0.717) is 10.7 Å². The summed E-state index contributed by atoms with van der Waals surface area (Å²) in [7, 11) is 1.54. The van der Waals surface area contributed by atoms with Crippen LogP contribution in [0.4, 0.5) is 10.1 Å². The third-order valence-corrected chi connectivity index (χ3v) is 4.21. The van der Waals surface area contributed by atoms with Crippen molar-refractivity contribution in [3.63, 3.8) is 0 Å². The summed E-state index contributed by atoms with van der Waals surface area (Å²) in [5.41, 5.74) is 6.32. The quantitative estimate of drug-likeness (QED) is 0.608. The monoisotopic (exact) mass is 408 g/mol. The number of hydrogen-bond acceptors (Lipinski definition) is 4. The average molecular weight is 409 g/mol. The topological polar surface area (TPSA) is 84.2 Å². The Kier molecular flexibility index (Phi) is 5.53. The minimum atomic E-state index is -0.680. The number of anilines is 1. The van der Waals surface area contributed by atoms with E-state index in [9.17, 15) is 9.18 Å². The van der Waals surface area contributed by atoms with Crippen LogP contribution in [0.2, 0.25) is 10.0 Å². The predicted molar refractivity (Wildman–Crippen MR) is 102 cm³/mol. The van der Waals surface area contributed by atoms with Crippen LogP contribution < -0.4 is 10.5 Å². The Bertz CT molecular complexity index is 959. The SMILES string of the molecule is CN(Cc1ccc(Cl)c(Oc2cc(N)cc(Cl)c2)c1F)C(=O)c1ncc[nH]1. The van der Waals surface area contributed by atoms with E-state index >= 15 is 0 Å². The summed E-state index contributed by atoms with van der Waals surface area (Å²) >= 11 is 12.0. The summed E-state index contributed by atoms with van der Waals surface area (Å²) in [6, 6.07) is 7.52. The largest absolute Gasteiger partial charge is 0.453 e. The second-order valence-electron chi connectivity index (χ2n) is 5.77. The highest BCUT2D eigenvalue weighted by atomic mass is 35.5. The molecular weight excluding hydrogens is 394 g/mol. The molecule has 0 bridgehead atoms. The van der Waals surface area contributed by atoms with Gasteiger partial charge < -0.3 is 20.4 Å². The molecule has 3 rings (SSSR count). The molecule has 0 saturated heterocycles. The maximum Gasteiger partial charge on any atom is 0.289 e. The maximum atomic E-state index is 15.0. The van der Waals surface area contributed by atoms with E-state index in [1.54, 1.807) is 0 Å². The number of hydrogen-bond donors (Lipinski definition) is 2. The Hall–Kier alpha value is -2.77. The van der Waals surface area contributed by atoms with Crippen molar-refractivity contribution >= 4 is 34.8 Å². The number of H-pyrrole nitrogens is 1. The van der Waals surface area contributed by atoms with Crippen LogP contribution in [-0.2, 0) is 6.54 Å². The van der Waals surface area contributed by atoms with Crippen molar-refractivity contribution in [1.82, 2.24) is 14.9 Å². The number of nitrogen functional groups attached to an aromatic ring is 1. The van der Waals surface area contributed by atoms with Crippen molar-refractivity contribution in [3.8, 4) is 11.5 Å². The van der Waals surface area contributed by atoms with Gasteiger partial charge in [0.1, 0.15) is 5.75 Å². The molecular formula is C18H15Cl2FN4O2. The van der Waals surface area contributed by atoms with Crippen molar-refractivity contribution in [3.05, 3.63) is 70.0 Å². The van der Waals surface area contributed by atoms with Gasteiger partial charge >= 0.3 is 0 Å². The number of nitrogens with zero attached hydrogens (tertiary/aromatic N) is 2. The fourth-order valence-corrected chi connectivity index (χ4v) is 2.86. The molecule has 6 nitrogen and oxygen atoms in total. The van der Waals surface area contributed by atoms with E-state index in [1.807, 2.05) is 0 Å². The van der Waals surface area contributed by atoms with E-state index in [0.717, 1.165) is 0 Å². The van der Waals surface area contributed by atoms with Crippen molar-refractivity contribution in [2.75, 3.05) is 12.8 Å². The number of nitrogens with one attached hydrogen (secondary N) is 1. The molecule has 0 radical (unpaired) electrons. The minimum Gasteiger partial charge on any atom is -0.453 e. The molecule has 9 heteroatoms. The second kappa shape index (κ2) is 7.85. The van der Waals surface area contributed by atoms with E-state index < -0.39 is 5.82 Å². The fraction of sp³-hybridized carbons (Fsp3) is 0.111. The smallest absolute Gasteiger partial charge is 0.289 e. The molecule has 0 fully saturated rings. The van der Waals surface area contributed by atoms with Crippen LogP contribution in [0.3, 0.4) is 0 Å². The highest BCUT2D eigenvalue weighted by molar-refractivity contribution is 6.32. The van der Waals surface area contributed by atoms with Gasteiger partial charge in [0.2, 0.25) is 0 Å². The highest BCUT2D eigenvalue weighted by Crippen LogP contribution is 2.35. The lowest BCUT2D eigenvalue weighted by molar-refractivity contribution is 0.0772. The second-order valence-corrected chi connectivity index (χ2v) is 6.61. The normalized spacial score (nSPS) is 10.7. The van der Waals surface area contributed by atoms with Crippen molar-refractivity contribution in [2.45, 2.75) is 6.54 Å². The van der Waals surface area contributed by atoms with Crippen molar-refractivity contribution in [2.24, 2.45) is 0 Å². The molecule has 0 spiro atoms. The molecule has 3 N–H and O–H groups in total. The summed E-state index contributed by atoms with van der Waals surface area (Å²) < 4.78 is 20.5. The molecule has 27 heavy (non-hydrogen) atoms. The van der Waals surface area contributed by atoms with Gasteiger partial charge in [-0.15, -0.1) is 0 Å². The maximum absolute atomic E-state index is 15.0. The fourth-order valence-electron chi connectivity index (χ4n) is 2.44. The van der Waals surface area contributed by atoms with Gasteiger partial charge in [0.05, 0.1) is 5.02 Å². The zero-order valence-electron chi connectivity index (χ0n) is 14.2. The first-order chi connectivity index (χ1) is 12.8. The van der Waals surface area contributed by atoms with Gasteiger partial charge in [-0.2, -0.15) is 0 Å². The van der Waals surface area contributed by atoms with Gasteiger partial charge in [-0.1, -0.05) is 29.3 Å². The lowest BCUT2D eigenvalue weighted by Crippen LogP contribution is -2.27. The number of imidazole rings is 1. The first kappa shape index (κ1) is 19.0. The van der Waals surface area contributed by atoms with Crippen LogP contribution in [0.5, 0.6) is 11.5 Å². The van der Waals surface area contributed by atoms with Crippen molar-refractivity contribution < 1.29 is 13.9 Å². The van der Waals surface area contributed by atoms with Gasteiger partial charge in [0.15, 0.2) is 17.4 Å². The van der Waals surface area contributed by atoms with E-state index in [1.165, 1.54) is 54.7 Å². The number of ether oxygens (including phenoxy) is 1. The first-order valence-electron chi connectivity index (χ1n) is 7.81. The molecule has 0 unspecified atom stereocenters. The minimum absolute atomic E-state index is 0.00339. The lowest BCUT2D eigenvalue weighted by Gasteiger charge is -2.18. The molecule has 0 saturated carbocycles. The summed E-state index contributed by atoms with van der Waals surface area (Å²) in [6.45, 7) is -0.00339. The summed E-state index contributed by atoms with van der Waals surface area (Å²) in [5, 5.41) is 0.427. The Labute approximate surface area is 164 Å². The van der Waals surface area contributed by atoms with Gasteiger partial charge in [0.25, 0.3) is 5.91 Å². The van der Waals surface area contributed by atoms with Gasteiger partial charge in [-0.05, 0) is 18.2 Å². The van der Waals surface area contributed by atoms with Crippen LogP contribution in [0.1, 0.15) is 16.2 Å². The molecule has 1 heterocycles. The molecule has 0 aliphatic heterocycles. The number of amides is 1. The predicted octanol–water partition coefficient (Wildman–Crippen LogP) is 4.50. The summed E-state index contributed by atoms with van der Waals surface area (Å²) in [5.74, 6) is -0.815. The third-order valence-electron chi connectivity index (χ3n) is 3.70. The number of halogens is 3.